The normalized spacial score (nSPS) is 12.1. The van der Waals surface area contributed by atoms with Crippen LogP contribution in [0.2, 0.25) is 5.02 Å². The molecule has 0 saturated heterocycles. The van der Waals surface area contributed by atoms with Gasteiger partial charge >= 0.3 is 0 Å². The van der Waals surface area contributed by atoms with Gasteiger partial charge in [-0.05, 0) is 61.7 Å². The number of halogens is 1. The molecule has 0 bridgehead atoms. The van der Waals surface area contributed by atoms with Gasteiger partial charge in [-0.3, -0.25) is 13.9 Å². The van der Waals surface area contributed by atoms with E-state index in [2.05, 4.69) is 5.32 Å². The number of aryl methyl sites for hydroxylation is 1. The zero-order chi connectivity index (χ0) is 26.2. The van der Waals surface area contributed by atoms with Crippen LogP contribution in [-0.4, -0.2) is 57.6 Å². The number of ether oxygens (including phenoxy) is 1. The molecule has 0 aliphatic rings. The van der Waals surface area contributed by atoms with Crippen LogP contribution in [0.1, 0.15) is 37.8 Å². The van der Waals surface area contributed by atoms with Gasteiger partial charge in [0.15, 0.2) is 0 Å². The molecule has 192 valence electrons. The van der Waals surface area contributed by atoms with E-state index in [4.69, 9.17) is 16.3 Å². The van der Waals surface area contributed by atoms with Crippen LogP contribution in [0.4, 0.5) is 5.69 Å². The Bertz CT molecular complexity index is 1120. The summed E-state index contributed by atoms with van der Waals surface area (Å²) in [6, 6.07) is 11.1. The predicted molar refractivity (Wildman–Crippen MR) is 139 cm³/mol. The quantitative estimate of drug-likeness (QED) is 0.427. The first kappa shape index (κ1) is 28.5. The van der Waals surface area contributed by atoms with E-state index < -0.39 is 28.5 Å². The third-order valence-electron chi connectivity index (χ3n) is 5.62. The number of rotatable bonds is 12. The summed E-state index contributed by atoms with van der Waals surface area (Å²) in [7, 11) is -2.24. The summed E-state index contributed by atoms with van der Waals surface area (Å²) < 4.78 is 31.6. The van der Waals surface area contributed by atoms with E-state index in [0.717, 1.165) is 29.0 Å². The van der Waals surface area contributed by atoms with Crippen LogP contribution >= 0.6 is 11.6 Å². The molecule has 2 amide bonds. The highest BCUT2D eigenvalue weighted by Crippen LogP contribution is 2.26. The summed E-state index contributed by atoms with van der Waals surface area (Å²) in [6.45, 7) is 5.56. The smallest absolute Gasteiger partial charge is 0.244 e. The van der Waals surface area contributed by atoms with Crippen LogP contribution in [0.15, 0.2) is 42.5 Å². The van der Waals surface area contributed by atoms with Crippen LogP contribution in [0.5, 0.6) is 5.75 Å². The SMILES string of the molecule is CCCCNC(=O)[C@@H](C)N(Cc1ccc(OC)cc1)C(=O)CN(c1ccc(Cl)cc1C)S(C)(=O)=O. The minimum atomic E-state index is -3.80. The zero-order valence-electron chi connectivity index (χ0n) is 20.9. The van der Waals surface area contributed by atoms with Crippen LogP contribution in [-0.2, 0) is 26.2 Å². The van der Waals surface area contributed by atoms with Crippen molar-refractivity contribution < 1.29 is 22.7 Å². The Labute approximate surface area is 213 Å². The third kappa shape index (κ3) is 8.14. The number of carbonyl (C=O) groups is 2. The highest BCUT2D eigenvalue weighted by atomic mass is 35.5. The number of methoxy groups -OCH3 is 1. The van der Waals surface area contributed by atoms with Gasteiger partial charge in [0, 0.05) is 18.1 Å². The molecule has 1 atom stereocenters. The first-order chi connectivity index (χ1) is 16.5. The number of carbonyl (C=O) groups excluding carboxylic acids is 2. The van der Waals surface area contributed by atoms with Crippen LogP contribution < -0.4 is 14.4 Å². The van der Waals surface area contributed by atoms with E-state index in [1.807, 2.05) is 6.92 Å². The predicted octanol–water partition coefficient (Wildman–Crippen LogP) is 3.76. The highest BCUT2D eigenvalue weighted by molar-refractivity contribution is 7.92. The third-order valence-corrected chi connectivity index (χ3v) is 6.98. The molecule has 0 radical (unpaired) electrons. The fourth-order valence-electron chi connectivity index (χ4n) is 3.54. The fraction of sp³-hybridized carbons (Fsp3) is 0.440. The number of sulfonamides is 1. The van der Waals surface area contributed by atoms with Crippen molar-refractivity contribution in [3.8, 4) is 5.75 Å². The maximum absolute atomic E-state index is 13.5. The molecular formula is C25H34ClN3O5S. The molecule has 0 aromatic heterocycles. The summed E-state index contributed by atoms with van der Waals surface area (Å²) in [6.07, 6.45) is 2.79. The van der Waals surface area contributed by atoms with E-state index in [1.165, 1.54) is 4.90 Å². The van der Waals surface area contributed by atoms with Crippen molar-refractivity contribution in [2.45, 2.75) is 46.2 Å². The first-order valence-electron chi connectivity index (χ1n) is 11.4. The topological polar surface area (TPSA) is 96.0 Å². The lowest BCUT2D eigenvalue weighted by Crippen LogP contribution is -2.51. The van der Waals surface area contributed by atoms with Gasteiger partial charge in [-0.15, -0.1) is 0 Å². The van der Waals surface area contributed by atoms with Crippen molar-refractivity contribution in [3.05, 3.63) is 58.6 Å². The van der Waals surface area contributed by atoms with Crippen LogP contribution in [0, 0.1) is 6.92 Å². The average Bonchev–Trinajstić information content (AvgIpc) is 2.80. The van der Waals surface area contributed by atoms with Crippen LogP contribution in [0.3, 0.4) is 0 Å². The number of benzene rings is 2. The fourth-order valence-corrected chi connectivity index (χ4v) is 4.67. The standard InChI is InChI=1S/C25H34ClN3O5S/c1-6-7-14-27-25(31)19(3)28(16-20-8-11-22(34-4)12-9-20)24(30)17-29(35(5,32)33)23-13-10-21(26)15-18(23)2/h8-13,15,19H,6-7,14,16-17H2,1-5H3,(H,27,31)/t19-/m1/s1. The van der Waals surface area contributed by atoms with E-state index in [9.17, 15) is 18.0 Å². The number of nitrogens with one attached hydrogen (secondary N) is 1. The van der Waals surface area contributed by atoms with Gasteiger partial charge in [-0.1, -0.05) is 37.1 Å². The largest absolute Gasteiger partial charge is 0.497 e. The molecule has 0 heterocycles. The molecule has 10 heteroatoms. The Morgan fingerprint density at radius 2 is 1.80 bits per heavy atom. The van der Waals surface area contributed by atoms with E-state index >= 15 is 0 Å². The summed E-state index contributed by atoms with van der Waals surface area (Å²) in [4.78, 5) is 27.8. The molecule has 0 spiro atoms. The van der Waals surface area contributed by atoms with E-state index in [0.29, 0.717) is 28.6 Å². The average molecular weight is 524 g/mol. The maximum atomic E-state index is 13.5. The molecule has 1 N–H and O–H groups in total. The first-order valence-corrected chi connectivity index (χ1v) is 13.6. The second-order valence-electron chi connectivity index (χ2n) is 8.39. The Hall–Kier alpha value is -2.78. The molecule has 2 aromatic rings. The molecule has 2 aromatic carbocycles. The molecule has 0 unspecified atom stereocenters. The van der Waals surface area contributed by atoms with E-state index in [1.54, 1.807) is 63.4 Å². The minimum absolute atomic E-state index is 0.127. The van der Waals surface area contributed by atoms with Gasteiger partial charge in [0.25, 0.3) is 0 Å². The Kier molecular flexibility index (Phi) is 10.4. The van der Waals surface area contributed by atoms with Crippen molar-refractivity contribution in [3.63, 3.8) is 0 Å². The highest BCUT2D eigenvalue weighted by Gasteiger charge is 2.30. The molecule has 0 fully saturated rings. The van der Waals surface area contributed by atoms with Crippen molar-refractivity contribution in [2.75, 3.05) is 30.8 Å². The number of unbranched alkanes of at least 4 members (excludes halogenated alkanes) is 1. The minimum Gasteiger partial charge on any atom is -0.497 e. The molecular weight excluding hydrogens is 490 g/mol. The number of hydrogen-bond acceptors (Lipinski definition) is 5. The molecule has 0 saturated carbocycles. The lowest BCUT2D eigenvalue weighted by molar-refractivity contribution is -0.139. The van der Waals surface area contributed by atoms with Gasteiger partial charge in [0.05, 0.1) is 19.1 Å². The summed E-state index contributed by atoms with van der Waals surface area (Å²) in [5, 5.41) is 3.32. The number of amides is 2. The zero-order valence-corrected chi connectivity index (χ0v) is 22.4. The van der Waals surface area contributed by atoms with Gasteiger partial charge in [0.2, 0.25) is 21.8 Å². The maximum Gasteiger partial charge on any atom is 0.244 e. The number of hydrogen-bond donors (Lipinski definition) is 1. The van der Waals surface area contributed by atoms with Gasteiger partial charge < -0.3 is 15.0 Å². The summed E-state index contributed by atoms with van der Waals surface area (Å²) in [5.74, 6) is -0.133. The van der Waals surface area contributed by atoms with Gasteiger partial charge in [-0.25, -0.2) is 8.42 Å². The van der Waals surface area contributed by atoms with Crippen LogP contribution in [0.25, 0.3) is 0 Å². The summed E-state index contributed by atoms with van der Waals surface area (Å²) in [5.41, 5.74) is 1.75. The lowest BCUT2D eigenvalue weighted by atomic mass is 10.1. The molecule has 8 nitrogen and oxygen atoms in total. The summed E-state index contributed by atoms with van der Waals surface area (Å²) >= 11 is 6.04. The molecule has 35 heavy (non-hydrogen) atoms. The van der Waals surface area contributed by atoms with Crippen molar-refractivity contribution in [2.24, 2.45) is 0 Å². The van der Waals surface area contributed by atoms with Gasteiger partial charge in [-0.2, -0.15) is 0 Å². The molecule has 0 aliphatic carbocycles. The van der Waals surface area contributed by atoms with E-state index in [-0.39, 0.29) is 12.5 Å². The van der Waals surface area contributed by atoms with Crippen molar-refractivity contribution in [1.82, 2.24) is 10.2 Å². The monoisotopic (exact) mass is 523 g/mol. The number of anilines is 1. The lowest BCUT2D eigenvalue weighted by Gasteiger charge is -2.32. The second-order valence-corrected chi connectivity index (χ2v) is 10.7. The van der Waals surface area contributed by atoms with Crippen molar-refractivity contribution in [1.29, 1.82) is 0 Å². The molecule has 0 aliphatic heterocycles. The van der Waals surface area contributed by atoms with Gasteiger partial charge in [0.1, 0.15) is 18.3 Å². The Morgan fingerprint density at radius 1 is 1.14 bits per heavy atom. The second kappa shape index (κ2) is 12.8. The molecule has 2 rings (SSSR count). The number of nitrogens with zero attached hydrogens (tertiary/aromatic N) is 2. The Balaban J connectivity index is 2.37. The Morgan fingerprint density at radius 3 is 2.34 bits per heavy atom. The van der Waals surface area contributed by atoms with Crippen molar-refractivity contribution >= 4 is 39.1 Å².